The third-order valence-corrected chi connectivity index (χ3v) is 6.62. The van der Waals surface area contributed by atoms with Gasteiger partial charge in [-0.3, -0.25) is 14.6 Å². The summed E-state index contributed by atoms with van der Waals surface area (Å²) in [5.74, 6) is 0.242. The van der Waals surface area contributed by atoms with Crippen molar-refractivity contribution in [1.29, 1.82) is 0 Å². The standard InChI is InChI=1S/C28H24F3N5O3/c1-15-9-19-10-18(3-7-22(19)35-26(15)32)27(38)36(13-21-6-5-20(12-33-21)28(29,30)31)16(2)17-4-8-24-23(11-17)34-25(37)14-39-24/h3-12,16H,13-14H2,1-2H3,(H2,32,35)(H,34,37)/t16-/m0/s1. The molecule has 3 heterocycles. The van der Waals surface area contributed by atoms with Gasteiger partial charge in [-0.05, 0) is 73.5 Å². The summed E-state index contributed by atoms with van der Waals surface area (Å²) < 4.78 is 44.6. The average Bonchev–Trinajstić information content (AvgIpc) is 2.90. The smallest absolute Gasteiger partial charge is 0.417 e. The van der Waals surface area contributed by atoms with Gasteiger partial charge in [-0.2, -0.15) is 13.2 Å². The first kappa shape index (κ1) is 26.0. The van der Waals surface area contributed by atoms with Gasteiger partial charge in [0, 0.05) is 17.1 Å². The number of carbonyl (C=O) groups excluding carboxylic acids is 2. The highest BCUT2D eigenvalue weighted by molar-refractivity contribution is 5.99. The Morgan fingerprint density at radius 3 is 2.67 bits per heavy atom. The Morgan fingerprint density at radius 2 is 1.95 bits per heavy atom. The van der Waals surface area contributed by atoms with Gasteiger partial charge in [0.1, 0.15) is 11.6 Å². The Kier molecular flexibility index (Phi) is 6.59. The second-order valence-corrected chi connectivity index (χ2v) is 9.34. The molecule has 200 valence electrons. The molecule has 8 nitrogen and oxygen atoms in total. The van der Waals surface area contributed by atoms with E-state index in [2.05, 4.69) is 15.3 Å². The van der Waals surface area contributed by atoms with Crippen molar-refractivity contribution in [2.75, 3.05) is 17.7 Å². The molecule has 2 amide bonds. The van der Waals surface area contributed by atoms with Gasteiger partial charge in [0.25, 0.3) is 11.8 Å². The maximum atomic E-state index is 13.9. The van der Waals surface area contributed by atoms with Crippen LogP contribution in [0, 0.1) is 6.92 Å². The minimum atomic E-state index is -4.52. The zero-order chi connectivity index (χ0) is 27.9. The number of halogens is 3. The first-order chi connectivity index (χ1) is 18.5. The van der Waals surface area contributed by atoms with Gasteiger partial charge in [0.05, 0.1) is 35.0 Å². The van der Waals surface area contributed by atoms with Crippen molar-refractivity contribution in [3.8, 4) is 5.75 Å². The molecule has 0 bridgehead atoms. The number of carbonyl (C=O) groups is 2. The van der Waals surface area contributed by atoms with E-state index >= 15 is 0 Å². The van der Waals surface area contributed by atoms with E-state index in [4.69, 9.17) is 10.5 Å². The van der Waals surface area contributed by atoms with Crippen LogP contribution in [0.5, 0.6) is 5.75 Å². The number of ether oxygens (including phenoxy) is 1. The maximum Gasteiger partial charge on any atom is 0.417 e. The van der Waals surface area contributed by atoms with Crippen molar-refractivity contribution >= 4 is 34.2 Å². The minimum absolute atomic E-state index is 0.0604. The quantitative estimate of drug-likeness (QED) is 0.360. The van der Waals surface area contributed by atoms with Crippen molar-refractivity contribution in [3.05, 3.63) is 88.7 Å². The molecule has 1 aliphatic heterocycles. The number of rotatable bonds is 5. The Bertz CT molecular complexity index is 1590. The zero-order valence-corrected chi connectivity index (χ0v) is 21.0. The van der Waals surface area contributed by atoms with Gasteiger partial charge >= 0.3 is 6.18 Å². The van der Waals surface area contributed by atoms with Gasteiger partial charge in [-0.1, -0.05) is 6.07 Å². The molecule has 2 aromatic carbocycles. The second-order valence-electron chi connectivity index (χ2n) is 9.34. The van der Waals surface area contributed by atoms with Crippen molar-refractivity contribution < 1.29 is 27.5 Å². The van der Waals surface area contributed by atoms with Crippen LogP contribution in [0.3, 0.4) is 0 Å². The zero-order valence-electron chi connectivity index (χ0n) is 21.0. The molecule has 1 aliphatic rings. The van der Waals surface area contributed by atoms with Gasteiger partial charge in [0.2, 0.25) is 0 Å². The van der Waals surface area contributed by atoms with Crippen LogP contribution in [0.1, 0.15) is 45.7 Å². The molecule has 1 atom stereocenters. The van der Waals surface area contributed by atoms with E-state index < -0.39 is 17.8 Å². The first-order valence-electron chi connectivity index (χ1n) is 12.1. The molecule has 0 radical (unpaired) electrons. The molecule has 3 N–H and O–H groups in total. The normalized spacial score (nSPS) is 13.8. The van der Waals surface area contributed by atoms with Crippen LogP contribution >= 0.6 is 0 Å². The number of aromatic nitrogens is 2. The van der Waals surface area contributed by atoms with Crippen LogP contribution in [-0.4, -0.2) is 33.3 Å². The number of fused-ring (bicyclic) bond motifs is 2. The summed E-state index contributed by atoms with van der Waals surface area (Å²) >= 11 is 0. The summed E-state index contributed by atoms with van der Waals surface area (Å²) in [6.07, 6.45) is -3.77. The summed E-state index contributed by atoms with van der Waals surface area (Å²) in [6.45, 7) is 3.46. The molecular formula is C28H24F3N5O3. The van der Waals surface area contributed by atoms with Crippen molar-refractivity contribution in [1.82, 2.24) is 14.9 Å². The van der Waals surface area contributed by atoms with Gasteiger partial charge in [-0.25, -0.2) is 4.98 Å². The molecule has 0 fully saturated rings. The number of nitrogens with one attached hydrogen (secondary N) is 1. The van der Waals surface area contributed by atoms with Crippen molar-refractivity contribution in [2.45, 2.75) is 32.6 Å². The molecule has 0 aliphatic carbocycles. The van der Waals surface area contributed by atoms with Crippen LogP contribution in [0.4, 0.5) is 24.7 Å². The molecule has 4 aromatic rings. The monoisotopic (exact) mass is 535 g/mol. The number of hydrogen-bond donors (Lipinski definition) is 2. The highest BCUT2D eigenvalue weighted by Gasteiger charge is 2.31. The number of anilines is 2. The lowest BCUT2D eigenvalue weighted by Crippen LogP contribution is -2.34. The van der Waals surface area contributed by atoms with Crippen LogP contribution in [0.25, 0.3) is 10.9 Å². The van der Waals surface area contributed by atoms with E-state index in [0.29, 0.717) is 33.9 Å². The van der Waals surface area contributed by atoms with E-state index in [1.54, 1.807) is 43.3 Å². The number of nitrogens with two attached hydrogens (primary N) is 1. The van der Waals surface area contributed by atoms with Crippen LogP contribution in [0.15, 0.2) is 60.8 Å². The topological polar surface area (TPSA) is 110 Å². The van der Waals surface area contributed by atoms with E-state index in [9.17, 15) is 22.8 Å². The molecular weight excluding hydrogens is 511 g/mol. The van der Waals surface area contributed by atoms with Crippen LogP contribution < -0.4 is 15.8 Å². The van der Waals surface area contributed by atoms with E-state index in [1.165, 1.54) is 11.0 Å². The number of aryl methyl sites for hydroxylation is 1. The Hall–Kier alpha value is -4.67. The van der Waals surface area contributed by atoms with E-state index in [1.807, 2.05) is 13.0 Å². The fraction of sp³-hybridized carbons (Fsp3) is 0.214. The molecule has 0 spiro atoms. The number of pyridine rings is 2. The molecule has 11 heteroatoms. The summed E-state index contributed by atoms with van der Waals surface area (Å²) in [7, 11) is 0. The fourth-order valence-electron chi connectivity index (χ4n) is 4.38. The average molecular weight is 536 g/mol. The molecule has 5 rings (SSSR count). The number of amides is 2. The molecule has 0 saturated carbocycles. The third kappa shape index (κ3) is 5.33. The summed E-state index contributed by atoms with van der Waals surface area (Å²) in [5.41, 5.74) is 8.24. The predicted molar refractivity (Wildman–Crippen MR) is 139 cm³/mol. The van der Waals surface area contributed by atoms with Gasteiger partial charge in [0.15, 0.2) is 6.61 Å². The summed E-state index contributed by atoms with van der Waals surface area (Å²) in [5, 5.41) is 3.48. The lowest BCUT2D eigenvalue weighted by atomic mass is 10.0. The molecule has 39 heavy (non-hydrogen) atoms. The Labute approximate surface area is 221 Å². The lowest BCUT2D eigenvalue weighted by Gasteiger charge is -2.30. The fourth-order valence-corrected chi connectivity index (χ4v) is 4.38. The summed E-state index contributed by atoms with van der Waals surface area (Å²) in [4.78, 5) is 35.6. The number of benzene rings is 2. The third-order valence-electron chi connectivity index (χ3n) is 6.62. The first-order valence-corrected chi connectivity index (χ1v) is 12.1. The van der Waals surface area contributed by atoms with E-state index in [-0.39, 0.29) is 30.7 Å². The Morgan fingerprint density at radius 1 is 1.15 bits per heavy atom. The number of alkyl halides is 3. The SMILES string of the molecule is Cc1cc2cc(C(=O)N(Cc3ccc(C(F)(F)F)cn3)[C@@H](C)c3ccc4c(c3)NC(=O)CO4)ccc2nc1N. The largest absolute Gasteiger partial charge is 0.482 e. The predicted octanol–water partition coefficient (Wildman–Crippen LogP) is 5.27. The number of nitrogens with zero attached hydrogens (tertiary/aromatic N) is 3. The Balaban J connectivity index is 1.52. The highest BCUT2D eigenvalue weighted by Crippen LogP contribution is 2.34. The summed E-state index contributed by atoms with van der Waals surface area (Å²) in [6, 6.07) is 13.7. The van der Waals surface area contributed by atoms with Crippen LogP contribution in [-0.2, 0) is 17.5 Å². The lowest BCUT2D eigenvalue weighted by molar-refractivity contribution is -0.137. The van der Waals surface area contributed by atoms with Crippen molar-refractivity contribution in [2.24, 2.45) is 0 Å². The minimum Gasteiger partial charge on any atom is -0.482 e. The number of nitrogen functional groups attached to an aromatic ring is 1. The highest BCUT2D eigenvalue weighted by atomic mass is 19.4. The second kappa shape index (κ2) is 9.90. The van der Waals surface area contributed by atoms with Gasteiger partial charge in [-0.15, -0.1) is 0 Å². The molecule has 0 saturated heterocycles. The van der Waals surface area contributed by atoms with E-state index in [0.717, 1.165) is 23.2 Å². The van der Waals surface area contributed by atoms with Gasteiger partial charge < -0.3 is 20.7 Å². The van der Waals surface area contributed by atoms with Crippen LogP contribution in [0.2, 0.25) is 0 Å². The molecule has 2 aromatic heterocycles. The number of hydrogen-bond acceptors (Lipinski definition) is 6. The maximum absolute atomic E-state index is 13.9. The van der Waals surface area contributed by atoms with Crippen molar-refractivity contribution in [3.63, 3.8) is 0 Å². The molecule has 0 unspecified atom stereocenters.